The number of carbonyl (C=O) groups is 2. The molecular formula is C24H26N2O2S. The van der Waals surface area contributed by atoms with Gasteiger partial charge in [0.05, 0.1) is 10.6 Å². The van der Waals surface area contributed by atoms with E-state index in [1.807, 2.05) is 60.7 Å². The molecule has 0 saturated heterocycles. The van der Waals surface area contributed by atoms with Crippen molar-refractivity contribution in [2.24, 2.45) is 5.92 Å². The highest BCUT2D eigenvalue weighted by Crippen LogP contribution is 2.41. The van der Waals surface area contributed by atoms with Gasteiger partial charge in [-0.05, 0) is 42.5 Å². The van der Waals surface area contributed by atoms with E-state index in [9.17, 15) is 9.59 Å². The van der Waals surface area contributed by atoms with Gasteiger partial charge in [0.1, 0.15) is 6.54 Å². The first-order chi connectivity index (χ1) is 14.1. The molecule has 1 fully saturated rings. The Hall–Kier alpha value is -2.53. The van der Waals surface area contributed by atoms with Crippen molar-refractivity contribution in [1.82, 2.24) is 5.32 Å². The molecule has 4 nitrogen and oxygen atoms in total. The zero-order chi connectivity index (χ0) is 20.2. The first-order valence-corrected chi connectivity index (χ1v) is 11.1. The number of thioether (sulfide) groups is 1. The smallest absolute Gasteiger partial charge is 0.265 e. The van der Waals surface area contributed by atoms with Crippen molar-refractivity contribution in [3.8, 4) is 0 Å². The van der Waals surface area contributed by atoms with Crippen LogP contribution in [-0.4, -0.2) is 24.4 Å². The van der Waals surface area contributed by atoms with Crippen molar-refractivity contribution in [3.63, 3.8) is 0 Å². The molecule has 150 valence electrons. The maximum absolute atomic E-state index is 13.2. The van der Waals surface area contributed by atoms with Crippen LogP contribution in [-0.2, 0) is 9.59 Å². The Bertz CT molecular complexity index is 925. The van der Waals surface area contributed by atoms with Gasteiger partial charge in [-0.3, -0.25) is 14.5 Å². The van der Waals surface area contributed by atoms with Gasteiger partial charge in [-0.25, -0.2) is 0 Å². The second kappa shape index (κ2) is 8.87. The molecule has 0 radical (unpaired) electrons. The fourth-order valence-corrected chi connectivity index (χ4v) is 5.11. The summed E-state index contributed by atoms with van der Waals surface area (Å²) in [5.74, 6) is 0.281. The van der Waals surface area contributed by atoms with Crippen molar-refractivity contribution in [2.45, 2.75) is 43.5 Å². The molecule has 5 heteroatoms. The number of carbonyl (C=O) groups excluding carboxylic acids is 2. The number of hydrogen-bond donors (Lipinski definition) is 1. The van der Waals surface area contributed by atoms with Crippen LogP contribution in [0.1, 0.15) is 38.2 Å². The lowest BCUT2D eigenvalue weighted by molar-refractivity contribution is -0.123. The summed E-state index contributed by atoms with van der Waals surface area (Å²) in [5, 5.41) is 3.17. The van der Waals surface area contributed by atoms with Crippen LogP contribution in [0.5, 0.6) is 0 Å². The van der Waals surface area contributed by atoms with E-state index in [0.29, 0.717) is 10.8 Å². The summed E-state index contributed by atoms with van der Waals surface area (Å²) < 4.78 is 0. The third-order valence-electron chi connectivity index (χ3n) is 5.69. The molecule has 1 N–H and O–H groups in total. The number of hydrogen-bond acceptors (Lipinski definition) is 3. The van der Waals surface area contributed by atoms with Crippen LogP contribution in [0.15, 0.2) is 64.4 Å². The average molecular weight is 407 g/mol. The summed E-state index contributed by atoms with van der Waals surface area (Å²) in [6.45, 7) is 2.24. The SMILES string of the molecule is C[C@H]1CCCC[C@H]1NC(=O)CN1C(=O)/C(=C/c2ccccc2)Sc2ccccc21. The van der Waals surface area contributed by atoms with E-state index in [-0.39, 0.29) is 24.4 Å². The van der Waals surface area contributed by atoms with Crippen LogP contribution < -0.4 is 10.2 Å². The Labute approximate surface area is 176 Å². The van der Waals surface area contributed by atoms with E-state index in [1.165, 1.54) is 18.2 Å². The van der Waals surface area contributed by atoms with Gasteiger partial charge in [0.2, 0.25) is 5.91 Å². The van der Waals surface area contributed by atoms with Gasteiger partial charge in [0.15, 0.2) is 0 Å². The quantitative estimate of drug-likeness (QED) is 0.738. The third-order valence-corrected chi connectivity index (χ3v) is 6.77. The van der Waals surface area contributed by atoms with E-state index in [4.69, 9.17) is 0 Å². The zero-order valence-electron chi connectivity index (χ0n) is 16.6. The monoisotopic (exact) mass is 406 g/mol. The van der Waals surface area contributed by atoms with Crippen LogP contribution in [0.2, 0.25) is 0 Å². The fourth-order valence-electron chi connectivity index (χ4n) is 4.05. The van der Waals surface area contributed by atoms with Crippen LogP contribution in [0.4, 0.5) is 5.69 Å². The first-order valence-electron chi connectivity index (χ1n) is 10.3. The van der Waals surface area contributed by atoms with E-state index in [1.54, 1.807) is 4.90 Å². The van der Waals surface area contributed by atoms with Gasteiger partial charge in [0, 0.05) is 10.9 Å². The van der Waals surface area contributed by atoms with E-state index >= 15 is 0 Å². The van der Waals surface area contributed by atoms with E-state index < -0.39 is 0 Å². The number of nitrogens with zero attached hydrogens (tertiary/aromatic N) is 1. The summed E-state index contributed by atoms with van der Waals surface area (Å²) >= 11 is 1.47. The highest BCUT2D eigenvalue weighted by Gasteiger charge is 2.31. The maximum atomic E-state index is 13.2. The van der Waals surface area contributed by atoms with Crippen LogP contribution in [0.3, 0.4) is 0 Å². The number of rotatable bonds is 4. The Morgan fingerprint density at radius 2 is 1.83 bits per heavy atom. The van der Waals surface area contributed by atoms with E-state index in [0.717, 1.165) is 35.4 Å². The minimum Gasteiger partial charge on any atom is -0.352 e. The summed E-state index contributed by atoms with van der Waals surface area (Å²) in [4.78, 5) is 29.3. The highest BCUT2D eigenvalue weighted by atomic mass is 32.2. The predicted octanol–water partition coefficient (Wildman–Crippen LogP) is 4.86. The molecule has 0 aromatic heterocycles. The van der Waals surface area contributed by atoms with Gasteiger partial charge in [-0.15, -0.1) is 0 Å². The minimum absolute atomic E-state index is 0.0474. The number of benzene rings is 2. The third kappa shape index (κ3) is 4.56. The average Bonchev–Trinajstić information content (AvgIpc) is 2.73. The zero-order valence-corrected chi connectivity index (χ0v) is 17.5. The standard InChI is InChI=1S/C24H26N2O2S/c1-17-9-5-6-12-19(17)25-23(27)16-26-20-13-7-8-14-21(20)29-22(24(26)28)15-18-10-3-2-4-11-18/h2-4,7-8,10-11,13-15,17,19H,5-6,9,12,16H2,1H3,(H,25,27)/b22-15-/t17-,19+/m0/s1. The minimum atomic E-state index is -0.121. The Morgan fingerprint density at radius 1 is 1.10 bits per heavy atom. The molecule has 4 rings (SSSR count). The van der Waals surface area contributed by atoms with Crippen LogP contribution in [0.25, 0.3) is 6.08 Å². The van der Waals surface area contributed by atoms with Gasteiger partial charge >= 0.3 is 0 Å². The first kappa shape index (κ1) is 19.8. The molecule has 0 unspecified atom stereocenters. The molecular weight excluding hydrogens is 380 g/mol. The molecule has 0 spiro atoms. The van der Waals surface area contributed by atoms with Gasteiger partial charge in [0.25, 0.3) is 5.91 Å². The lowest BCUT2D eigenvalue weighted by Gasteiger charge is -2.32. The van der Waals surface area contributed by atoms with Crippen molar-refractivity contribution in [3.05, 3.63) is 65.1 Å². The summed E-state index contributed by atoms with van der Waals surface area (Å²) in [5.41, 5.74) is 1.78. The molecule has 2 aliphatic rings. The molecule has 29 heavy (non-hydrogen) atoms. The molecule has 2 atom stereocenters. The number of fused-ring (bicyclic) bond motifs is 1. The normalized spacial score (nSPS) is 23.0. The molecule has 2 amide bonds. The second-order valence-electron chi connectivity index (χ2n) is 7.82. The molecule has 1 saturated carbocycles. The molecule has 0 bridgehead atoms. The summed E-state index contributed by atoms with van der Waals surface area (Å²) in [6, 6.07) is 17.8. The molecule has 1 heterocycles. The largest absolute Gasteiger partial charge is 0.352 e. The number of para-hydroxylation sites is 1. The molecule has 1 aliphatic carbocycles. The summed E-state index contributed by atoms with van der Waals surface area (Å²) in [6.07, 6.45) is 6.46. The lowest BCUT2D eigenvalue weighted by Crippen LogP contribution is -2.48. The Balaban J connectivity index is 1.56. The Kier molecular flexibility index (Phi) is 6.05. The second-order valence-corrected chi connectivity index (χ2v) is 8.90. The molecule has 2 aromatic carbocycles. The fraction of sp³-hybridized carbons (Fsp3) is 0.333. The van der Waals surface area contributed by atoms with Crippen molar-refractivity contribution >= 4 is 35.3 Å². The topological polar surface area (TPSA) is 49.4 Å². The highest BCUT2D eigenvalue weighted by molar-refractivity contribution is 8.04. The van der Waals surface area contributed by atoms with Crippen molar-refractivity contribution in [1.29, 1.82) is 0 Å². The van der Waals surface area contributed by atoms with E-state index in [2.05, 4.69) is 12.2 Å². The summed E-state index contributed by atoms with van der Waals surface area (Å²) in [7, 11) is 0. The number of anilines is 1. The van der Waals surface area contributed by atoms with Crippen molar-refractivity contribution in [2.75, 3.05) is 11.4 Å². The number of amides is 2. The lowest BCUT2D eigenvalue weighted by atomic mass is 9.86. The van der Waals surface area contributed by atoms with Gasteiger partial charge in [-0.2, -0.15) is 0 Å². The van der Waals surface area contributed by atoms with Crippen LogP contribution in [0, 0.1) is 5.92 Å². The molecule has 1 aliphatic heterocycles. The maximum Gasteiger partial charge on any atom is 0.265 e. The van der Waals surface area contributed by atoms with Crippen molar-refractivity contribution < 1.29 is 9.59 Å². The van der Waals surface area contributed by atoms with Gasteiger partial charge in [-0.1, -0.05) is 74.0 Å². The van der Waals surface area contributed by atoms with Gasteiger partial charge < -0.3 is 5.32 Å². The predicted molar refractivity (Wildman–Crippen MR) is 119 cm³/mol. The van der Waals surface area contributed by atoms with Crippen LogP contribution >= 0.6 is 11.8 Å². The Morgan fingerprint density at radius 3 is 2.62 bits per heavy atom. The number of nitrogens with one attached hydrogen (secondary N) is 1. The molecule has 2 aromatic rings.